The van der Waals surface area contributed by atoms with Crippen molar-refractivity contribution < 1.29 is 19.1 Å². The quantitative estimate of drug-likeness (QED) is 0.606. The van der Waals surface area contributed by atoms with Crippen LogP contribution >= 0.6 is 0 Å². The number of carbonyl (C=O) groups excluding carboxylic acids is 3. The first-order valence-corrected chi connectivity index (χ1v) is 14.2. The van der Waals surface area contributed by atoms with E-state index in [1.165, 1.54) is 0 Å². The van der Waals surface area contributed by atoms with Crippen LogP contribution in [0.2, 0.25) is 0 Å². The van der Waals surface area contributed by atoms with E-state index in [1.807, 2.05) is 18.2 Å². The van der Waals surface area contributed by atoms with Gasteiger partial charge in [-0.05, 0) is 55.0 Å². The average molecular weight is 511 g/mol. The van der Waals surface area contributed by atoms with Gasteiger partial charge in [0.05, 0.1) is 12.0 Å². The van der Waals surface area contributed by atoms with Crippen LogP contribution < -0.4 is 10.6 Å². The molecule has 0 radical (unpaired) electrons. The molecule has 2 N–H and O–H groups in total. The van der Waals surface area contributed by atoms with E-state index in [-0.39, 0.29) is 36.2 Å². The second-order valence-electron chi connectivity index (χ2n) is 11.7. The summed E-state index contributed by atoms with van der Waals surface area (Å²) in [6, 6.07) is 5.30. The molecule has 3 heterocycles. The highest BCUT2D eigenvalue weighted by Gasteiger charge is 2.54. The van der Waals surface area contributed by atoms with Crippen molar-refractivity contribution in [2.45, 2.75) is 64.5 Å². The molecule has 202 valence electrons. The number of benzene rings is 1. The summed E-state index contributed by atoms with van der Waals surface area (Å²) in [5, 5.41) is 0. The monoisotopic (exact) mass is 510 g/mol. The molecule has 1 aliphatic carbocycles. The lowest BCUT2D eigenvalue weighted by molar-refractivity contribution is -0.138. The van der Waals surface area contributed by atoms with E-state index in [0.717, 1.165) is 69.7 Å². The number of amides is 2. The molecule has 1 aromatic carbocycles. The molecule has 0 unspecified atom stereocenters. The number of piperazine rings is 1. The minimum atomic E-state index is -0.522. The number of primary amides is 1. The van der Waals surface area contributed by atoms with E-state index in [0.29, 0.717) is 18.0 Å². The van der Waals surface area contributed by atoms with Crippen molar-refractivity contribution in [1.82, 2.24) is 9.80 Å². The Bertz CT molecular complexity index is 1030. The second-order valence-corrected chi connectivity index (χ2v) is 11.7. The number of carbonyl (C=O) groups is 3. The summed E-state index contributed by atoms with van der Waals surface area (Å²) in [7, 11) is 0. The summed E-state index contributed by atoms with van der Waals surface area (Å²) in [6.45, 7) is 11.9. The van der Waals surface area contributed by atoms with Crippen molar-refractivity contribution in [3.63, 3.8) is 0 Å². The van der Waals surface area contributed by atoms with Gasteiger partial charge in [0.1, 0.15) is 12.6 Å². The summed E-state index contributed by atoms with van der Waals surface area (Å²) >= 11 is 0. The zero-order chi connectivity index (χ0) is 26.3. The molecule has 4 aliphatic rings. The number of hydrogen-bond donors (Lipinski definition) is 1. The maximum atomic E-state index is 14.5. The molecular weight excluding hydrogens is 468 g/mol. The molecule has 4 fully saturated rings. The molecule has 0 aromatic heterocycles. The average Bonchev–Trinajstić information content (AvgIpc) is 3.63. The lowest BCUT2D eigenvalue weighted by Gasteiger charge is -2.36. The maximum Gasteiger partial charge on any atom is 0.249 e. The topological polar surface area (TPSA) is 96.2 Å². The van der Waals surface area contributed by atoms with Gasteiger partial charge in [0, 0.05) is 49.9 Å². The minimum Gasteiger partial charge on any atom is -0.369 e. The number of rotatable bonds is 7. The molecule has 8 nitrogen and oxygen atoms in total. The number of nitrogens with two attached hydrogens (primary N) is 1. The third kappa shape index (κ3) is 4.90. The summed E-state index contributed by atoms with van der Waals surface area (Å²) in [6.07, 6.45) is 3.78. The van der Waals surface area contributed by atoms with Crippen molar-refractivity contribution >= 4 is 23.3 Å². The van der Waals surface area contributed by atoms with Gasteiger partial charge in [-0.25, -0.2) is 0 Å². The predicted molar refractivity (Wildman–Crippen MR) is 143 cm³/mol. The molecule has 5 rings (SSSR count). The Balaban J connectivity index is 1.52. The van der Waals surface area contributed by atoms with Gasteiger partial charge >= 0.3 is 0 Å². The number of likely N-dealkylation sites (N-methyl/N-ethyl adjacent to an activating group) is 1. The zero-order valence-electron chi connectivity index (χ0n) is 22.5. The summed E-state index contributed by atoms with van der Waals surface area (Å²) in [5.74, 6) is -0.487. The molecule has 37 heavy (non-hydrogen) atoms. The van der Waals surface area contributed by atoms with Crippen LogP contribution in [0.4, 0.5) is 5.69 Å². The SMILES string of the molecule is CCN1CCN(c2ccc(C(N)=O)c([C@@H](C(=O)N3C[C@H](C(C)C)[C@H]4OCC(=O)[C@H]43)C3CCCC3)c2)CC1. The van der Waals surface area contributed by atoms with E-state index >= 15 is 0 Å². The van der Waals surface area contributed by atoms with Crippen LogP contribution in [0.25, 0.3) is 0 Å². The van der Waals surface area contributed by atoms with Gasteiger partial charge in [-0.3, -0.25) is 14.4 Å². The molecule has 1 saturated carbocycles. The molecule has 4 atom stereocenters. The maximum absolute atomic E-state index is 14.5. The number of Topliss-reactive ketones (excluding diaryl/α,β-unsaturated/α-hetero) is 1. The number of ether oxygens (including phenoxy) is 1. The largest absolute Gasteiger partial charge is 0.369 e. The van der Waals surface area contributed by atoms with Gasteiger partial charge in [0.25, 0.3) is 0 Å². The Morgan fingerprint density at radius 3 is 2.43 bits per heavy atom. The third-order valence-electron chi connectivity index (χ3n) is 9.32. The minimum absolute atomic E-state index is 0.00987. The van der Waals surface area contributed by atoms with E-state index in [1.54, 1.807) is 4.90 Å². The fourth-order valence-corrected chi connectivity index (χ4v) is 7.12. The van der Waals surface area contributed by atoms with Crippen molar-refractivity contribution in [3.8, 4) is 0 Å². The summed E-state index contributed by atoms with van der Waals surface area (Å²) < 4.78 is 5.90. The lowest BCUT2D eigenvalue weighted by atomic mass is 9.80. The van der Waals surface area contributed by atoms with Crippen molar-refractivity contribution in [3.05, 3.63) is 29.3 Å². The first kappa shape index (κ1) is 26.2. The van der Waals surface area contributed by atoms with Gasteiger partial charge in [-0.1, -0.05) is 33.6 Å². The predicted octanol–water partition coefficient (Wildman–Crippen LogP) is 2.65. The zero-order valence-corrected chi connectivity index (χ0v) is 22.5. The van der Waals surface area contributed by atoms with Crippen LogP contribution in [0.3, 0.4) is 0 Å². The lowest BCUT2D eigenvalue weighted by Crippen LogP contribution is -2.46. The third-order valence-corrected chi connectivity index (χ3v) is 9.32. The Morgan fingerprint density at radius 1 is 1.11 bits per heavy atom. The van der Waals surface area contributed by atoms with Gasteiger partial charge in [0.15, 0.2) is 5.78 Å². The van der Waals surface area contributed by atoms with Gasteiger partial charge in [-0.2, -0.15) is 0 Å². The normalized spacial score (nSPS) is 27.8. The molecule has 8 heteroatoms. The molecule has 0 spiro atoms. The first-order chi connectivity index (χ1) is 17.8. The number of ketones is 1. The van der Waals surface area contributed by atoms with E-state index in [4.69, 9.17) is 10.5 Å². The number of hydrogen-bond acceptors (Lipinski definition) is 6. The Morgan fingerprint density at radius 2 is 1.81 bits per heavy atom. The molecule has 2 amide bonds. The fourth-order valence-electron chi connectivity index (χ4n) is 7.12. The number of fused-ring (bicyclic) bond motifs is 1. The number of nitrogens with zero attached hydrogens (tertiary/aromatic N) is 3. The Labute approximate surface area is 220 Å². The smallest absolute Gasteiger partial charge is 0.249 e. The highest BCUT2D eigenvalue weighted by Crippen LogP contribution is 2.44. The second kappa shape index (κ2) is 10.7. The van der Waals surface area contributed by atoms with Crippen LogP contribution in [0.5, 0.6) is 0 Å². The standard InChI is InChI=1S/C29H42N4O4/c1-4-31-11-13-32(14-12-31)20-9-10-21(28(30)35)22(15-20)25(19-7-5-6-8-19)29(36)33-16-23(18(2)3)27-26(33)24(34)17-37-27/h9-10,15,18-19,23,25-27H,4-8,11-14,16-17H2,1-3H3,(H2,30,35)/t23-,25+,26-,27-/m1/s1. The van der Waals surface area contributed by atoms with Crippen LogP contribution in [-0.4, -0.2) is 85.4 Å². The molecule has 3 aliphatic heterocycles. The first-order valence-electron chi connectivity index (χ1n) is 14.2. The van der Waals surface area contributed by atoms with Gasteiger partial charge in [0.2, 0.25) is 11.8 Å². The van der Waals surface area contributed by atoms with Crippen LogP contribution in [0.1, 0.15) is 68.3 Å². The summed E-state index contributed by atoms with van der Waals surface area (Å²) in [4.78, 5) is 46.6. The van der Waals surface area contributed by atoms with Crippen molar-refractivity contribution in [1.29, 1.82) is 0 Å². The van der Waals surface area contributed by atoms with Crippen LogP contribution in [0.15, 0.2) is 18.2 Å². The van der Waals surface area contributed by atoms with Crippen LogP contribution in [0, 0.1) is 17.8 Å². The van der Waals surface area contributed by atoms with Gasteiger partial charge < -0.3 is 25.2 Å². The van der Waals surface area contributed by atoms with E-state index in [2.05, 4.69) is 30.6 Å². The Hall–Kier alpha value is -2.45. The highest BCUT2D eigenvalue weighted by atomic mass is 16.5. The van der Waals surface area contributed by atoms with E-state index < -0.39 is 17.9 Å². The highest BCUT2D eigenvalue weighted by molar-refractivity contribution is 5.99. The van der Waals surface area contributed by atoms with Crippen molar-refractivity contribution in [2.24, 2.45) is 23.5 Å². The fraction of sp³-hybridized carbons (Fsp3) is 0.690. The molecule has 3 saturated heterocycles. The molecular formula is C29H42N4O4. The number of anilines is 1. The molecule has 0 bridgehead atoms. The number of likely N-dealkylation sites (tertiary alicyclic amines) is 1. The molecule has 1 aromatic rings. The van der Waals surface area contributed by atoms with Crippen molar-refractivity contribution in [2.75, 3.05) is 50.8 Å². The van der Waals surface area contributed by atoms with Gasteiger partial charge in [-0.15, -0.1) is 0 Å². The summed E-state index contributed by atoms with van der Waals surface area (Å²) in [5.41, 5.74) is 8.07. The van der Waals surface area contributed by atoms with E-state index in [9.17, 15) is 14.4 Å². The van der Waals surface area contributed by atoms with Crippen LogP contribution in [-0.2, 0) is 14.3 Å². The Kier molecular flexibility index (Phi) is 7.59.